The summed E-state index contributed by atoms with van der Waals surface area (Å²) in [5.74, 6) is 3.49. The Balaban J connectivity index is 2.10. The van der Waals surface area contributed by atoms with Gasteiger partial charge in [-0.3, -0.25) is 0 Å². The fourth-order valence-electron chi connectivity index (χ4n) is 3.75. The SMILES string of the molecule is CCNC1CCC(C(C)C)CC1Cc1ncnn1C(C)C. The van der Waals surface area contributed by atoms with Gasteiger partial charge in [0, 0.05) is 18.5 Å². The van der Waals surface area contributed by atoms with Crippen molar-refractivity contribution in [2.75, 3.05) is 6.54 Å². The fourth-order valence-corrected chi connectivity index (χ4v) is 3.75. The van der Waals surface area contributed by atoms with E-state index in [2.05, 4.69) is 54.7 Å². The lowest BCUT2D eigenvalue weighted by atomic mass is 9.72. The first-order valence-electron chi connectivity index (χ1n) is 8.64. The van der Waals surface area contributed by atoms with Gasteiger partial charge in [0.1, 0.15) is 12.2 Å². The van der Waals surface area contributed by atoms with Crippen LogP contribution in [0.25, 0.3) is 0 Å². The van der Waals surface area contributed by atoms with E-state index in [-0.39, 0.29) is 0 Å². The minimum Gasteiger partial charge on any atom is -0.314 e. The molecule has 120 valence electrons. The molecule has 1 aliphatic carbocycles. The quantitative estimate of drug-likeness (QED) is 0.873. The van der Waals surface area contributed by atoms with Crippen LogP contribution in [0.2, 0.25) is 0 Å². The van der Waals surface area contributed by atoms with Gasteiger partial charge in [-0.1, -0.05) is 20.8 Å². The Kier molecular flexibility index (Phi) is 5.80. The third kappa shape index (κ3) is 4.06. The summed E-state index contributed by atoms with van der Waals surface area (Å²) in [4.78, 5) is 4.52. The highest BCUT2D eigenvalue weighted by atomic mass is 15.3. The lowest BCUT2D eigenvalue weighted by Crippen LogP contribution is -2.42. The Morgan fingerprint density at radius 1 is 1.29 bits per heavy atom. The van der Waals surface area contributed by atoms with Crippen LogP contribution in [0.3, 0.4) is 0 Å². The molecule has 1 aromatic rings. The van der Waals surface area contributed by atoms with Crippen molar-refractivity contribution in [1.82, 2.24) is 20.1 Å². The predicted molar refractivity (Wildman–Crippen MR) is 87.2 cm³/mol. The summed E-state index contributed by atoms with van der Waals surface area (Å²) in [7, 11) is 0. The van der Waals surface area contributed by atoms with E-state index in [1.165, 1.54) is 19.3 Å². The van der Waals surface area contributed by atoms with Crippen LogP contribution in [0.1, 0.15) is 65.7 Å². The highest BCUT2D eigenvalue weighted by Crippen LogP contribution is 2.35. The molecule has 0 radical (unpaired) electrons. The monoisotopic (exact) mass is 292 g/mol. The summed E-state index contributed by atoms with van der Waals surface area (Å²) >= 11 is 0. The molecule has 4 heteroatoms. The van der Waals surface area contributed by atoms with Crippen LogP contribution in [-0.2, 0) is 6.42 Å². The van der Waals surface area contributed by atoms with Gasteiger partial charge in [0.2, 0.25) is 0 Å². The molecule has 1 aromatic heterocycles. The van der Waals surface area contributed by atoms with Crippen molar-refractivity contribution in [2.45, 2.75) is 72.4 Å². The molecule has 4 nitrogen and oxygen atoms in total. The Morgan fingerprint density at radius 2 is 2.05 bits per heavy atom. The molecule has 1 heterocycles. The van der Waals surface area contributed by atoms with E-state index in [1.807, 2.05) is 0 Å². The number of nitrogens with zero attached hydrogens (tertiary/aromatic N) is 3. The number of hydrogen-bond donors (Lipinski definition) is 1. The second-order valence-electron chi connectivity index (χ2n) is 7.16. The van der Waals surface area contributed by atoms with Gasteiger partial charge in [-0.25, -0.2) is 9.67 Å². The van der Waals surface area contributed by atoms with E-state index in [4.69, 9.17) is 0 Å². The molecule has 21 heavy (non-hydrogen) atoms. The Morgan fingerprint density at radius 3 is 2.67 bits per heavy atom. The van der Waals surface area contributed by atoms with Crippen LogP contribution < -0.4 is 5.32 Å². The fraction of sp³-hybridized carbons (Fsp3) is 0.882. The minimum atomic E-state index is 0.393. The average molecular weight is 292 g/mol. The van der Waals surface area contributed by atoms with Gasteiger partial charge in [-0.2, -0.15) is 5.10 Å². The Labute approximate surface area is 129 Å². The van der Waals surface area contributed by atoms with Crippen LogP contribution >= 0.6 is 0 Å². The highest BCUT2D eigenvalue weighted by molar-refractivity contribution is 4.95. The van der Waals surface area contributed by atoms with Gasteiger partial charge in [-0.05, 0) is 57.4 Å². The molecule has 1 fully saturated rings. The number of nitrogens with one attached hydrogen (secondary N) is 1. The molecule has 3 unspecified atom stereocenters. The first kappa shape index (κ1) is 16.5. The smallest absolute Gasteiger partial charge is 0.138 e. The van der Waals surface area contributed by atoms with Gasteiger partial charge in [0.05, 0.1) is 0 Å². The minimum absolute atomic E-state index is 0.393. The maximum Gasteiger partial charge on any atom is 0.138 e. The molecule has 0 aliphatic heterocycles. The van der Waals surface area contributed by atoms with E-state index in [0.29, 0.717) is 18.0 Å². The van der Waals surface area contributed by atoms with Crippen LogP contribution in [0.15, 0.2) is 6.33 Å². The molecular weight excluding hydrogens is 260 g/mol. The first-order valence-corrected chi connectivity index (χ1v) is 8.64. The molecule has 1 saturated carbocycles. The van der Waals surface area contributed by atoms with Gasteiger partial charge in [0.25, 0.3) is 0 Å². The molecular formula is C17H32N4. The van der Waals surface area contributed by atoms with Crippen LogP contribution in [0.4, 0.5) is 0 Å². The number of rotatable bonds is 6. The van der Waals surface area contributed by atoms with E-state index in [9.17, 15) is 0 Å². The summed E-state index contributed by atoms with van der Waals surface area (Å²) in [5.41, 5.74) is 0. The summed E-state index contributed by atoms with van der Waals surface area (Å²) in [6.07, 6.45) is 6.75. The zero-order valence-corrected chi connectivity index (χ0v) is 14.3. The second kappa shape index (κ2) is 7.39. The molecule has 0 amide bonds. The zero-order chi connectivity index (χ0) is 15.4. The third-order valence-corrected chi connectivity index (χ3v) is 5.01. The van der Waals surface area contributed by atoms with E-state index < -0.39 is 0 Å². The van der Waals surface area contributed by atoms with Crippen molar-refractivity contribution in [3.8, 4) is 0 Å². The number of hydrogen-bond acceptors (Lipinski definition) is 3. The average Bonchev–Trinajstić information content (AvgIpc) is 2.89. The van der Waals surface area contributed by atoms with Gasteiger partial charge < -0.3 is 5.32 Å². The van der Waals surface area contributed by atoms with Gasteiger partial charge >= 0.3 is 0 Å². The van der Waals surface area contributed by atoms with Crippen LogP contribution in [0, 0.1) is 17.8 Å². The topological polar surface area (TPSA) is 42.7 Å². The maximum absolute atomic E-state index is 4.52. The molecule has 1 N–H and O–H groups in total. The van der Waals surface area contributed by atoms with Crippen molar-refractivity contribution in [2.24, 2.45) is 17.8 Å². The molecule has 0 bridgehead atoms. The van der Waals surface area contributed by atoms with Gasteiger partial charge in [-0.15, -0.1) is 0 Å². The molecule has 0 spiro atoms. The van der Waals surface area contributed by atoms with Crippen molar-refractivity contribution < 1.29 is 0 Å². The molecule has 3 atom stereocenters. The molecule has 2 rings (SSSR count). The lowest BCUT2D eigenvalue weighted by molar-refractivity contribution is 0.165. The van der Waals surface area contributed by atoms with Crippen molar-refractivity contribution in [3.63, 3.8) is 0 Å². The van der Waals surface area contributed by atoms with Crippen LogP contribution in [-0.4, -0.2) is 27.4 Å². The standard InChI is InChI=1S/C17H32N4/c1-6-18-16-8-7-14(12(2)3)9-15(16)10-17-19-11-20-21(17)13(4)5/h11-16,18H,6-10H2,1-5H3. The Bertz CT molecular complexity index is 424. The largest absolute Gasteiger partial charge is 0.314 e. The second-order valence-corrected chi connectivity index (χ2v) is 7.16. The molecule has 0 saturated heterocycles. The summed E-state index contributed by atoms with van der Waals surface area (Å²) in [6, 6.07) is 1.03. The van der Waals surface area contributed by atoms with E-state index >= 15 is 0 Å². The van der Waals surface area contributed by atoms with Crippen molar-refractivity contribution in [3.05, 3.63) is 12.2 Å². The molecule has 0 aromatic carbocycles. The lowest BCUT2D eigenvalue weighted by Gasteiger charge is -2.38. The first-order chi connectivity index (χ1) is 10.0. The predicted octanol–water partition coefficient (Wildman–Crippen LogP) is 3.45. The van der Waals surface area contributed by atoms with Crippen molar-refractivity contribution >= 4 is 0 Å². The maximum atomic E-state index is 4.52. The zero-order valence-electron chi connectivity index (χ0n) is 14.3. The van der Waals surface area contributed by atoms with E-state index in [0.717, 1.165) is 30.6 Å². The number of aromatic nitrogens is 3. The summed E-state index contributed by atoms with van der Waals surface area (Å²) in [6.45, 7) is 12.4. The highest BCUT2D eigenvalue weighted by Gasteiger charge is 2.32. The van der Waals surface area contributed by atoms with E-state index in [1.54, 1.807) is 6.33 Å². The normalized spacial score (nSPS) is 26.7. The molecule has 1 aliphatic rings. The summed E-state index contributed by atoms with van der Waals surface area (Å²) in [5, 5.41) is 8.09. The third-order valence-electron chi connectivity index (χ3n) is 5.01. The van der Waals surface area contributed by atoms with Crippen molar-refractivity contribution in [1.29, 1.82) is 0 Å². The van der Waals surface area contributed by atoms with Crippen LogP contribution in [0.5, 0.6) is 0 Å². The Hall–Kier alpha value is -0.900. The van der Waals surface area contributed by atoms with Gasteiger partial charge in [0.15, 0.2) is 0 Å². The summed E-state index contributed by atoms with van der Waals surface area (Å²) < 4.78 is 2.09.